The number of benzene rings is 4. The van der Waals surface area contributed by atoms with Crippen LogP contribution in [0.1, 0.15) is 68.8 Å². The summed E-state index contributed by atoms with van der Waals surface area (Å²) in [4.78, 5) is 35.5. The lowest BCUT2D eigenvalue weighted by Gasteiger charge is -2.39. The van der Waals surface area contributed by atoms with Crippen LogP contribution in [0.15, 0.2) is 114 Å². The van der Waals surface area contributed by atoms with E-state index in [1.54, 1.807) is 24.3 Å². The minimum atomic E-state index is -4.56. The molecule has 2 saturated heterocycles. The minimum absolute atomic E-state index is 0.0129. The Morgan fingerprint density at radius 3 is 2.33 bits per heavy atom. The molecule has 13 nitrogen and oxygen atoms in total. The van der Waals surface area contributed by atoms with Crippen molar-refractivity contribution in [1.82, 2.24) is 19.5 Å². The van der Waals surface area contributed by atoms with Crippen LogP contribution in [0.3, 0.4) is 0 Å². The highest BCUT2D eigenvalue weighted by Gasteiger charge is 2.33. The number of sulfonamides is 1. The Balaban J connectivity index is 1.03. The number of carbonyl (C=O) groups is 1. The molecule has 0 radical (unpaired) electrons. The lowest BCUT2D eigenvalue weighted by atomic mass is 9.72. The fraction of sp³-hybridized carbons (Fsp3) is 0.367. The van der Waals surface area contributed by atoms with Crippen molar-refractivity contribution in [2.24, 2.45) is 5.41 Å². The molecule has 0 saturated carbocycles. The normalized spacial score (nSPS) is 18.1. The van der Waals surface area contributed by atoms with Gasteiger partial charge in [0.1, 0.15) is 17.2 Å². The third-order valence-electron chi connectivity index (χ3n) is 12.9. The molecule has 2 fully saturated rings. The fourth-order valence-corrected chi connectivity index (χ4v) is 10.1. The highest BCUT2D eigenvalue weighted by Crippen LogP contribution is 2.44. The summed E-state index contributed by atoms with van der Waals surface area (Å²) in [6, 6.07) is 28.2. The average Bonchev–Trinajstić information content (AvgIpc) is 3.82. The number of allylic oxidation sites excluding steroid dienone is 1. The van der Waals surface area contributed by atoms with Crippen molar-refractivity contribution in [3.8, 4) is 22.8 Å². The van der Waals surface area contributed by atoms with Crippen molar-refractivity contribution in [3.05, 3.63) is 135 Å². The van der Waals surface area contributed by atoms with Crippen molar-refractivity contribution in [3.63, 3.8) is 0 Å². The van der Waals surface area contributed by atoms with Crippen molar-refractivity contribution in [2.75, 3.05) is 63.1 Å². The number of halogens is 1. The molecule has 0 spiro atoms. The standard InChI is InChI=1S/C49H56ClN7O6S/c1-48(2)19-18-36(42(32-48)34-10-12-37(50)13-11-34)33-55-25-27-56(28-26-55)38-14-16-41(46(30-38)63-39-8-5-7-35(29-39)43-9-6-22-51-43)47(58)53-64(61,62)40-15-17-44(45(31-40)57(59)60)52-49(3)20-23-54(4)24-21-49/h5-17,22,29-31,51-52H,18-21,23-28,32-33H2,1-4H3,(H,53,58). The predicted molar refractivity (Wildman–Crippen MR) is 254 cm³/mol. The number of carbonyl (C=O) groups excluding carboxylic acids is 1. The lowest BCUT2D eigenvalue weighted by Crippen LogP contribution is -2.47. The van der Waals surface area contributed by atoms with Crippen LogP contribution >= 0.6 is 11.6 Å². The maximum absolute atomic E-state index is 14.1. The zero-order valence-corrected chi connectivity index (χ0v) is 38.4. The first-order chi connectivity index (χ1) is 30.5. The zero-order valence-electron chi connectivity index (χ0n) is 36.8. The van der Waals surface area contributed by atoms with Gasteiger partial charge < -0.3 is 24.8 Å². The predicted octanol–water partition coefficient (Wildman–Crippen LogP) is 9.84. The van der Waals surface area contributed by atoms with Crippen molar-refractivity contribution >= 4 is 50.2 Å². The van der Waals surface area contributed by atoms with Gasteiger partial charge in [-0.2, -0.15) is 0 Å². The number of aromatic amines is 1. The third-order valence-corrected chi connectivity index (χ3v) is 14.5. The number of amides is 1. The number of likely N-dealkylation sites (tertiary alicyclic amines) is 1. The van der Waals surface area contributed by atoms with Crippen LogP contribution < -0.4 is 19.7 Å². The molecule has 3 N–H and O–H groups in total. The summed E-state index contributed by atoms with van der Waals surface area (Å²) in [6.45, 7) is 12.3. The summed E-state index contributed by atoms with van der Waals surface area (Å²) in [6.07, 6.45) is 6.55. The van der Waals surface area contributed by atoms with E-state index in [1.807, 2.05) is 62.6 Å². The van der Waals surface area contributed by atoms with E-state index in [2.05, 4.69) is 55.7 Å². The van der Waals surface area contributed by atoms with Crippen molar-refractivity contribution < 1.29 is 22.9 Å². The summed E-state index contributed by atoms with van der Waals surface area (Å²) in [7, 11) is -2.54. The molecule has 8 rings (SSSR count). The second kappa shape index (κ2) is 18.4. The molecule has 0 atom stereocenters. The number of piperidine rings is 1. The Morgan fingerprint density at radius 2 is 1.62 bits per heavy atom. The first-order valence-corrected chi connectivity index (χ1v) is 23.7. The molecule has 3 heterocycles. The van der Waals surface area contributed by atoms with Gasteiger partial charge in [-0.1, -0.05) is 55.3 Å². The van der Waals surface area contributed by atoms with Crippen LogP contribution in [0.4, 0.5) is 17.1 Å². The highest BCUT2D eigenvalue weighted by molar-refractivity contribution is 7.90. The van der Waals surface area contributed by atoms with Gasteiger partial charge in [0.05, 0.1) is 15.4 Å². The van der Waals surface area contributed by atoms with Gasteiger partial charge in [0.25, 0.3) is 21.6 Å². The highest BCUT2D eigenvalue weighted by atomic mass is 35.5. The van der Waals surface area contributed by atoms with Crippen molar-refractivity contribution in [2.45, 2.75) is 63.3 Å². The minimum Gasteiger partial charge on any atom is -0.456 e. The third kappa shape index (κ3) is 10.5. The van der Waals surface area contributed by atoms with Gasteiger partial charge in [0.2, 0.25) is 0 Å². The number of ether oxygens (including phenoxy) is 1. The smallest absolute Gasteiger partial charge is 0.293 e. The number of nitro groups is 1. The van der Waals surface area contributed by atoms with E-state index in [1.165, 1.54) is 28.8 Å². The Kier molecular flexibility index (Phi) is 12.9. The maximum Gasteiger partial charge on any atom is 0.293 e. The van der Waals surface area contributed by atoms with Crippen LogP contribution in [0.25, 0.3) is 16.8 Å². The van der Waals surface area contributed by atoms with Gasteiger partial charge in [0.15, 0.2) is 0 Å². The van der Waals surface area contributed by atoms with Gasteiger partial charge >= 0.3 is 0 Å². The number of hydrogen-bond donors (Lipinski definition) is 3. The molecule has 336 valence electrons. The lowest BCUT2D eigenvalue weighted by molar-refractivity contribution is -0.384. The molecule has 3 aliphatic rings. The van der Waals surface area contributed by atoms with E-state index >= 15 is 0 Å². The summed E-state index contributed by atoms with van der Waals surface area (Å²) in [5, 5.41) is 16.3. The van der Waals surface area contributed by atoms with E-state index in [0.29, 0.717) is 5.75 Å². The second-order valence-corrected chi connectivity index (χ2v) is 20.6. The molecule has 1 amide bonds. The molecule has 5 aromatic rings. The Labute approximate surface area is 380 Å². The molecule has 1 aliphatic carbocycles. The molecule has 64 heavy (non-hydrogen) atoms. The number of piperazine rings is 1. The molecule has 0 bridgehead atoms. The Hall–Kier alpha value is -5.67. The zero-order chi connectivity index (χ0) is 45.2. The number of rotatable bonds is 13. The molecule has 2 aliphatic heterocycles. The molecular formula is C49H56ClN7O6S. The van der Waals surface area contributed by atoms with Crippen molar-refractivity contribution in [1.29, 1.82) is 0 Å². The molecule has 15 heteroatoms. The Morgan fingerprint density at radius 1 is 0.875 bits per heavy atom. The van der Waals surface area contributed by atoms with Crippen LogP contribution in [0, 0.1) is 15.5 Å². The Bertz CT molecular complexity index is 2650. The quantitative estimate of drug-likeness (QED) is 0.0769. The first kappa shape index (κ1) is 44.9. The van der Waals surface area contributed by atoms with Gasteiger partial charge in [-0.15, -0.1) is 0 Å². The molecule has 4 aromatic carbocycles. The molecule has 1 aromatic heterocycles. The monoisotopic (exact) mass is 905 g/mol. The van der Waals surface area contributed by atoms with Gasteiger partial charge in [-0.25, -0.2) is 13.1 Å². The summed E-state index contributed by atoms with van der Waals surface area (Å²) >= 11 is 6.25. The molecule has 0 unspecified atom stereocenters. The van der Waals surface area contributed by atoms with Gasteiger partial charge in [-0.3, -0.25) is 19.8 Å². The maximum atomic E-state index is 14.1. The summed E-state index contributed by atoms with van der Waals surface area (Å²) in [5.41, 5.74) is 6.32. The average molecular weight is 907 g/mol. The summed E-state index contributed by atoms with van der Waals surface area (Å²) < 4.78 is 36.3. The number of anilines is 2. The SMILES string of the molecule is CN1CCC(C)(Nc2ccc(S(=O)(=O)NC(=O)c3ccc(N4CCN(CC5=C(c6ccc(Cl)cc6)CC(C)(C)CC5)CC4)cc3Oc3cccc(-c4ccc[nH]4)c3)cc2[N+](=O)[O-])CC1. The van der Waals surface area contributed by atoms with Crippen LogP contribution in [0.5, 0.6) is 11.5 Å². The number of nitrogens with one attached hydrogen (secondary N) is 3. The van der Waals surface area contributed by atoms with Gasteiger partial charge in [-0.05, 0) is 123 Å². The van der Waals surface area contributed by atoms with Crippen LogP contribution in [-0.2, 0) is 10.0 Å². The number of aromatic nitrogens is 1. The second-order valence-electron chi connectivity index (χ2n) is 18.4. The number of nitrogens with zero attached hydrogens (tertiary/aromatic N) is 4. The number of hydrogen-bond acceptors (Lipinski definition) is 10. The summed E-state index contributed by atoms with van der Waals surface area (Å²) in [5.74, 6) is -0.324. The first-order valence-electron chi connectivity index (χ1n) is 21.9. The van der Waals surface area contributed by atoms with Crippen LogP contribution in [0.2, 0.25) is 5.02 Å². The number of H-pyrrole nitrogens is 1. The van der Waals surface area contributed by atoms with Gasteiger partial charge in [0, 0.05) is 91.6 Å². The van der Waals surface area contributed by atoms with E-state index in [0.717, 1.165) is 106 Å². The van der Waals surface area contributed by atoms with E-state index in [-0.39, 0.29) is 22.4 Å². The van der Waals surface area contributed by atoms with E-state index < -0.39 is 37.0 Å². The largest absolute Gasteiger partial charge is 0.456 e. The topological polar surface area (TPSA) is 153 Å². The van der Waals surface area contributed by atoms with E-state index in [4.69, 9.17) is 16.3 Å². The number of nitro benzene ring substituents is 1. The van der Waals surface area contributed by atoms with Crippen LogP contribution in [-0.4, -0.2) is 92.4 Å². The van der Waals surface area contributed by atoms with E-state index in [9.17, 15) is 23.3 Å². The fourth-order valence-electron chi connectivity index (χ4n) is 8.98. The molecular weight excluding hydrogens is 850 g/mol.